The number of furan rings is 1. The van der Waals surface area contributed by atoms with Crippen molar-refractivity contribution in [2.24, 2.45) is 5.92 Å². The molecule has 1 N–H and O–H groups in total. The van der Waals surface area contributed by atoms with Gasteiger partial charge >= 0.3 is 0 Å². The highest BCUT2D eigenvalue weighted by atomic mass is 16.5. The van der Waals surface area contributed by atoms with Gasteiger partial charge in [0.25, 0.3) is 5.91 Å². The van der Waals surface area contributed by atoms with Crippen molar-refractivity contribution in [3.05, 3.63) is 47.8 Å². The summed E-state index contributed by atoms with van der Waals surface area (Å²) in [4.78, 5) is 26.3. The maximum Gasteiger partial charge on any atom is 0.273 e. The summed E-state index contributed by atoms with van der Waals surface area (Å²) in [5, 5.41) is 6.80. The molecule has 2 amide bonds. The molecule has 2 aromatic heterocycles. The smallest absolute Gasteiger partial charge is 0.273 e. The van der Waals surface area contributed by atoms with E-state index < -0.39 is 0 Å². The number of carbonyl (C=O) groups is 2. The topological polar surface area (TPSA) is 88.6 Å². The Bertz CT molecular complexity index is 812. The first-order valence-corrected chi connectivity index (χ1v) is 9.44. The van der Waals surface area contributed by atoms with Crippen molar-refractivity contribution in [2.45, 2.75) is 31.6 Å². The van der Waals surface area contributed by atoms with Gasteiger partial charge in [-0.3, -0.25) is 9.59 Å². The number of hydrogen-bond acceptors (Lipinski definition) is 5. The van der Waals surface area contributed by atoms with Crippen LogP contribution >= 0.6 is 0 Å². The van der Waals surface area contributed by atoms with Crippen molar-refractivity contribution in [1.82, 2.24) is 15.4 Å². The third kappa shape index (κ3) is 4.48. The molecule has 2 aliphatic rings. The molecule has 0 bridgehead atoms. The molecule has 142 valence electrons. The maximum atomic E-state index is 12.2. The van der Waals surface area contributed by atoms with E-state index in [0.29, 0.717) is 42.9 Å². The maximum absolute atomic E-state index is 12.2. The first kappa shape index (κ1) is 17.6. The second-order valence-corrected chi connectivity index (χ2v) is 7.22. The van der Waals surface area contributed by atoms with Crippen LogP contribution in [0.15, 0.2) is 39.5 Å². The van der Waals surface area contributed by atoms with Gasteiger partial charge in [-0.1, -0.05) is 5.16 Å². The van der Waals surface area contributed by atoms with E-state index in [1.54, 1.807) is 36.6 Å². The Balaban J connectivity index is 1.19. The minimum Gasteiger partial charge on any atom is -0.465 e. The highest BCUT2D eigenvalue weighted by molar-refractivity contribution is 5.92. The molecule has 27 heavy (non-hydrogen) atoms. The fourth-order valence-corrected chi connectivity index (χ4v) is 3.29. The van der Waals surface area contributed by atoms with E-state index in [1.165, 1.54) is 0 Å². The lowest BCUT2D eigenvalue weighted by Crippen LogP contribution is -2.41. The van der Waals surface area contributed by atoms with Gasteiger partial charge in [-0.2, -0.15) is 0 Å². The predicted molar refractivity (Wildman–Crippen MR) is 97.9 cm³/mol. The summed E-state index contributed by atoms with van der Waals surface area (Å²) in [6.07, 6.45) is 8.77. The molecule has 0 spiro atoms. The highest BCUT2D eigenvalue weighted by Gasteiger charge is 2.29. The summed E-state index contributed by atoms with van der Waals surface area (Å²) < 4.78 is 10.4. The molecular formula is C20H23N3O4. The van der Waals surface area contributed by atoms with E-state index in [9.17, 15) is 9.59 Å². The number of nitrogens with zero attached hydrogens (tertiary/aromatic N) is 2. The van der Waals surface area contributed by atoms with E-state index >= 15 is 0 Å². The van der Waals surface area contributed by atoms with Crippen LogP contribution < -0.4 is 5.32 Å². The van der Waals surface area contributed by atoms with E-state index in [2.05, 4.69) is 10.5 Å². The molecule has 1 aliphatic heterocycles. The molecule has 4 rings (SSSR count). The number of nitrogens with one attached hydrogen (secondary N) is 1. The summed E-state index contributed by atoms with van der Waals surface area (Å²) in [6, 6.07) is 5.34. The largest absolute Gasteiger partial charge is 0.465 e. The number of aromatic nitrogens is 1. The first-order chi connectivity index (χ1) is 13.2. The van der Waals surface area contributed by atoms with Crippen LogP contribution in [0.1, 0.15) is 53.6 Å². The lowest BCUT2D eigenvalue weighted by atomic mass is 9.96. The Kier molecular flexibility index (Phi) is 5.09. The van der Waals surface area contributed by atoms with Gasteiger partial charge in [-0.15, -0.1) is 0 Å². The number of carbonyl (C=O) groups excluding carboxylic acids is 2. The van der Waals surface area contributed by atoms with Crippen LogP contribution in [0, 0.1) is 5.92 Å². The molecule has 2 aromatic rings. The molecule has 1 aliphatic carbocycles. The molecule has 0 atom stereocenters. The number of hydrogen-bond donors (Lipinski definition) is 1. The molecular weight excluding hydrogens is 346 g/mol. The van der Waals surface area contributed by atoms with Crippen molar-refractivity contribution in [2.75, 3.05) is 19.6 Å². The zero-order valence-corrected chi connectivity index (χ0v) is 15.1. The van der Waals surface area contributed by atoms with Gasteiger partial charge in [0.1, 0.15) is 11.5 Å². The molecule has 0 aromatic carbocycles. The van der Waals surface area contributed by atoms with Crippen LogP contribution in [-0.4, -0.2) is 41.5 Å². The van der Waals surface area contributed by atoms with Crippen molar-refractivity contribution in [1.29, 1.82) is 0 Å². The Morgan fingerprint density at radius 2 is 2.07 bits per heavy atom. The molecule has 1 saturated heterocycles. The predicted octanol–water partition coefficient (Wildman–Crippen LogP) is 2.83. The number of amides is 2. The van der Waals surface area contributed by atoms with Crippen LogP contribution in [0.5, 0.6) is 0 Å². The Labute approximate surface area is 157 Å². The SMILES string of the molecule is O=C(NCC1CCN(C(=O)/C=C/c2ccco2)CC1)c1cc(C2CC2)on1. The van der Waals surface area contributed by atoms with Crippen molar-refractivity contribution in [3.63, 3.8) is 0 Å². The normalized spacial score (nSPS) is 18.1. The van der Waals surface area contributed by atoms with Gasteiger partial charge in [-0.25, -0.2) is 0 Å². The Morgan fingerprint density at radius 1 is 1.26 bits per heavy atom. The highest BCUT2D eigenvalue weighted by Crippen LogP contribution is 2.40. The fourth-order valence-electron chi connectivity index (χ4n) is 3.29. The Hall–Kier alpha value is -2.83. The van der Waals surface area contributed by atoms with Crippen molar-refractivity contribution >= 4 is 17.9 Å². The van der Waals surface area contributed by atoms with Crippen LogP contribution in [0.4, 0.5) is 0 Å². The third-order valence-corrected chi connectivity index (χ3v) is 5.15. The second kappa shape index (κ2) is 7.82. The molecule has 1 saturated carbocycles. The van der Waals surface area contributed by atoms with E-state index in [-0.39, 0.29) is 11.8 Å². The minimum atomic E-state index is -0.189. The molecule has 7 nitrogen and oxygen atoms in total. The van der Waals surface area contributed by atoms with Crippen LogP contribution in [0.25, 0.3) is 6.08 Å². The summed E-state index contributed by atoms with van der Waals surface area (Å²) in [6.45, 7) is 1.98. The Morgan fingerprint density at radius 3 is 2.78 bits per heavy atom. The summed E-state index contributed by atoms with van der Waals surface area (Å²) in [7, 11) is 0. The fraction of sp³-hybridized carbons (Fsp3) is 0.450. The van der Waals surface area contributed by atoms with Gasteiger partial charge in [0.05, 0.1) is 6.26 Å². The average molecular weight is 369 g/mol. The molecule has 2 fully saturated rings. The summed E-state index contributed by atoms with van der Waals surface area (Å²) in [5.41, 5.74) is 0.354. The van der Waals surface area contributed by atoms with Gasteiger partial charge in [0.15, 0.2) is 5.69 Å². The molecule has 0 unspecified atom stereocenters. The van der Waals surface area contributed by atoms with Crippen LogP contribution in [0.2, 0.25) is 0 Å². The quantitative estimate of drug-likeness (QED) is 0.791. The average Bonchev–Trinajstić information content (AvgIpc) is 3.20. The first-order valence-electron chi connectivity index (χ1n) is 9.44. The van der Waals surface area contributed by atoms with Gasteiger partial charge < -0.3 is 19.2 Å². The molecule has 3 heterocycles. The number of rotatable bonds is 6. The van der Waals surface area contributed by atoms with E-state index in [4.69, 9.17) is 8.94 Å². The molecule has 7 heteroatoms. The van der Waals surface area contributed by atoms with Crippen LogP contribution in [0.3, 0.4) is 0 Å². The minimum absolute atomic E-state index is 0.0101. The monoisotopic (exact) mass is 369 g/mol. The van der Waals surface area contributed by atoms with E-state index in [0.717, 1.165) is 31.4 Å². The lowest BCUT2D eigenvalue weighted by molar-refractivity contribution is -0.127. The zero-order valence-electron chi connectivity index (χ0n) is 15.1. The van der Waals surface area contributed by atoms with Gasteiger partial charge in [0, 0.05) is 37.7 Å². The van der Waals surface area contributed by atoms with Gasteiger partial charge in [0.2, 0.25) is 5.91 Å². The number of likely N-dealkylation sites (tertiary alicyclic amines) is 1. The number of piperidine rings is 1. The van der Waals surface area contributed by atoms with Crippen LogP contribution in [-0.2, 0) is 4.79 Å². The third-order valence-electron chi connectivity index (χ3n) is 5.15. The van der Waals surface area contributed by atoms with Gasteiger partial charge in [-0.05, 0) is 49.8 Å². The zero-order chi connectivity index (χ0) is 18.6. The van der Waals surface area contributed by atoms with E-state index in [1.807, 2.05) is 4.90 Å². The summed E-state index contributed by atoms with van der Waals surface area (Å²) >= 11 is 0. The van der Waals surface area contributed by atoms with Crippen molar-refractivity contribution in [3.8, 4) is 0 Å². The van der Waals surface area contributed by atoms with Crippen molar-refractivity contribution < 1.29 is 18.5 Å². The molecule has 0 radical (unpaired) electrons. The lowest BCUT2D eigenvalue weighted by Gasteiger charge is -2.31. The standard InChI is InChI=1S/C20H23N3O4/c24-19(6-5-16-2-1-11-26-16)23-9-7-14(8-10-23)13-21-20(25)17-12-18(27-22-17)15-3-4-15/h1-2,5-6,11-12,14-15H,3-4,7-10,13H2,(H,21,25)/b6-5+. The second-order valence-electron chi connectivity index (χ2n) is 7.22. The summed E-state index contributed by atoms with van der Waals surface area (Å²) in [5.74, 6) is 2.09.